The summed E-state index contributed by atoms with van der Waals surface area (Å²) in [7, 11) is 0.997. The Morgan fingerprint density at radius 2 is 1.00 bits per heavy atom. The number of rotatable bonds is 4. The van der Waals surface area contributed by atoms with E-state index in [0.717, 1.165) is 7.28 Å². The van der Waals surface area contributed by atoms with E-state index in [-0.39, 0.29) is 0 Å². The van der Waals surface area contributed by atoms with Crippen LogP contribution in [0.1, 0.15) is 0 Å². The van der Waals surface area contributed by atoms with Gasteiger partial charge in [-0.15, -0.1) is 0 Å². The van der Waals surface area contributed by atoms with Crippen LogP contribution in [-0.2, 0) is 0 Å². The third kappa shape index (κ3) is 3.55. The molecule has 0 unspecified atom stereocenters. The largest absolute Gasteiger partial charge is 0.192 e. The Kier molecular flexibility index (Phi) is 4.24. The van der Waals surface area contributed by atoms with Crippen LogP contribution in [0.3, 0.4) is 0 Å². The smallest absolute Gasteiger partial charge is 0.0901 e. The first-order chi connectivity index (χ1) is 9.90. The van der Waals surface area contributed by atoms with E-state index >= 15 is 0 Å². The molecule has 0 saturated carbocycles. The predicted molar refractivity (Wildman–Crippen MR) is 89.9 cm³/mol. The standard InChI is InChI=1S/C18H15BS/c1-3-7-15(8-4-1)19-16-11-13-18(14-12-16)20-17-9-5-2-6-10-17/h1-14,19H. The highest BCUT2D eigenvalue weighted by Crippen LogP contribution is 2.26. The van der Waals surface area contributed by atoms with Gasteiger partial charge in [0.2, 0.25) is 0 Å². The van der Waals surface area contributed by atoms with Crippen molar-refractivity contribution in [2.75, 3.05) is 0 Å². The summed E-state index contributed by atoms with van der Waals surface area (Å²) >= 11 is 1.80. The lowest BCUT2D eigenvalue weighted by Crippen LogP contribution is -2.26. The maximum absolute atomic E-state index is 2.22. The van der Waals surface area contributed by atoms with Crippen molar-refractivity contribution in [1.29, 1.82) is 0 Å². The lowest BCUT2D eigenvalue weighted by Gasteiger charge is -2.04. The van der Waals surface area contributed by atoms with Crippen molar-refractivity contribution in [2.24, 2.45) is 0 Å². The molecule has 3 rings (SSSR count). The molecule has 0 aliphatic carbocycles. The first kappa shape index (κ1) is 13.1. The molecule has 0 atom stereocenters. The van der Waals surface area contributed by atoms with Crippen LogP contribution in [0.2, 0.25) is 0 Å². The Morgan fingerprint density at radius 3 is 1.65 bits per heavy atom. The molecular formula is C18H15BS. The van der Waals surface area contributed by atoms with E-state index in [1.165, 1.54) is 20.7 Å². The topological polar surface area (TPSA) is 0 Å². The summed E-state index contributed by atoms with van der Waals surface area (Å²) in [6.07, 6.45) is 0. The molecule has 0 saturated heterocycles. The molecule has 0 aliphatic rings. The van der Waals surface area contributed by atoms with Crippen LogP contribution in [0.5, 0.6) is 0 Å². The zero-order valence-corrected chi connectivity index (χ0v) is 12.0. The Morgan fingerprint density at radius 1 is 0.500 bits per heavy atom. The van der Waals surface area contributed by atoms with Gasteiger partial charge in [-0.3, -0.25) is 0 Å². The Bertz CT molecular complexity index is 588. The molecule has 0 heterocycles. The highest BCUT2D eigenvalue weighted by atomic mass is 32.2. The molecule has 0 bridgehead atoms. The highest BCUT2D eigenvalue weighted by Gasteiger charge is 2.00. The average molecular weight is 274 g/mol. The lowest BCUT2D eigenvalue weighted by atomic mass is 9.64. The van der Waals surface area contributed by atoms with Crippen LogP contribution < -0.4 is 10.9 Å². The van der Waals surface area contributed by atoms with Crippen molar-refractivity contribution in [3.8, 4) is 0 Å². The van der Waals surface area contributed by atoms with Crippen molar-refractivity contribution in [1.82, 2.24) is 0 Å². The molecule has 0 fully saturated rings. The summed E-state index contributed by atoms with van der Waals surface area (Å²) in [5.41, 5.74) is 2.71. The molecule has 0 N–H and O–H groups in total. The van der Waals surface area contributed by atoms with Gasteiger partial charge in [-0.2, -0.15) is 0 Å². The van der Waals surface area contributed by atoms with Gasteiger partial charge in [0.05, 0.1) is 0 Å². The van der Waals surface area contributed by atoms with Gasteiger partial charge in [-0.25, -0.2) is 0 Å². The van der Waals surface area contributed by atoms with Gasteiger partial charge in [0.25, 0.3) is 0 Å². The second-order valence-electron chi connectivity index (χ2n) is 4.72. The minimum absolute atomic E-state index is 0.997. The molecule has 0 radical (unpaired) electrons. The highest BCUT2D eigenvalue weighted by molar-refractivity contribution is 7.99. The zero-order valence-electron chi connectivity index (χ0n) is 11.2. The van der Waals surface area contributed by atoms with E-state index in [1.807, 2.05) is 6.07 Å². The molecule has 0 nitrogen and oxygen atoms in total. The molecule has 3 aromatic rings. The van der Waals surface area contributed by atoms with Gasteiger partial charge in [0.15, 0.2) is 7.28 Å². The summed E-state index contributed by atoms with van der Waals surface area (Å²) < 4.78 is 0. The summed E-state index contributed by atoms with van der Waals surface area (Å²) in [6, 6.07) is 29.9. The SMILES string of the molecule is B(c1ccccc1)c1ccc(Sc2ccccc2)cc1. The van der Waals surface area contributed by atoms with Crippen molar-refractivity contribution in [2.45, 2.75) is 9.79 Å². The molecule has 20 heavy (non-hydrogen) atoms. The normalized spacial score (nSPS) is 10.2. The fourth-order valence-corrected chi connectivity index (χ4v) is 2.97. The first-order valence-electron chi connectivity index (χ1n) is 6.76. The van der Waals surface area contributed by atoms with Crippen molar-refractivity contribution in [3.63, 3.8) is 0 Å². The lowest BCUT2D eigenvalue weighted by molar-refractivity contribution is 1.41. The van der Waals surface area contributed by atoms with Gasteiger partial charge in [0.1, 0.15) is 0 Å². The summed E-state index contributed by atoms with van der Waals surface area (Å²) in [5, 5.41) is 0. The summed E-state index contributed by atoms with van der Waals surface area (Å²) in [5.74, 6) is 0. The van der Waals surface area contributed by atoms with Crippen LogP contribution in [0.15, 0.2) is 94.7 Å². The minimum Gasteiger partial charge on any atom is -0.0901 e. The molecule has 0 spiro atoms. The summed E-state index contributed by atoms with van der Waals surface area (Å²) in [6.45, 7) is 0. The van der Waals surface area contributed by atoms with E-state index < -0.39 is 0 Å². The van der Waals surface area contributed by atoms with E-state index in [4.69, 9.17) is 0 Å². The Hall–Kier alpha value is -1.93. The fraction of sp³-hybridized carbons (Fsp3) is 0. The monoisotopic (exact) mass is 274 g/mol. The van der Waals surface area contributed by atoms with Gasteiger partial charge >= 0.3 is 0 Å². The van der Waals surface area contributed by atoms with Crippen LogP contribution in [-0.4, -0.2) is 7.28 Å². The number of hydrogen-bond donors (Lipinski definition) is 0. The molecule has 0 aromatic heterocycles. The number of hydrogen-bond acceptors (Lipinski definition) is 1. The van der Waals surface area contributed by atoms with Gasteiger partial charge in [-0.05, 0) is 24.3 Å². The first-order valence-corrected chi connectivity index (χ1v) is 7.57. The van der Waals surface area contributed by atoms with E-state index in [1.54, 1.807) is 11.8 Å². The van der Waals surface area contributed by atoms with Crippen LogP contribution in [0.4, 0.5) is 0 Å². The third-order valence-corrected chi connectivity index (χ3v) is 4.17. The van der Waals surface area contributed by atoms with E-state index in [9.17, 15) is 0 Å². The molecule has 0 aliphatic heterocycles. The Balaban J connectivity index is 1.69. The van der Waals surface area contributed by atoms with E-state index in [0.29, 0.717) is 0 Å². The van der Waals surface area contributed by atoms with Gasteiger partial charge in [0, 0.05) is 9.79 Å². The second kappa shape index (κ2) is 6.49. The van der Waals surface area contributed by atoms with Crippen molar-refractivity contribution >= 4 is 30.0 Å². The third-order valence-electron chi connectivity index (χ3n) is 3.15. The zero-order chi connectivity index (χ0) is 13.6. The maximum Gasteiger partial charge on any atom is 0.192 e. The van der Waals surface area contributed by atoms with Gasteiger partial charge < -0.3 is 0 Å². The average Bonchev–Trinajstić information content (AvgIpc) is 2.51. The molecular weight excluding hydrogens is 259 g/mol. The molecule has 3 aromatic carbocycles. The second-order valence-corrected chi connectivity index (χ2v) is 5.87. The van der Waals surface area contributed by atoms with Gasteiger partial charge in [-0.1, -0.05) is 83.4 Å². The molecule has 96 valence electrons. The summed E-state index contributed by atoms with van der Waals surface area (Å²) in [4.78, 5) is 2.57. The van der Waals surface area contributed by atoms with Crippen LogP contribution in [0, 0.1) is 0 Å². The minimum atomic E-state index is 0.997. The van der Waals surface area contributed by atoms with Crippen molar-refractivity contribution < 1.29 is 0 Å². The molecule has 0 amide bonds. The Labute approximate surface area is 125 Å². The quantitative estimate of drug-likeness (QED) is 0.658. The molecule has 2 heteroatoms. The van der Waals surface area contributed by atoms with E-state index in [2.05, 4.69) is 78.9 Å². The van der Waals surface area contributed by atoms with Crippen LogP contribution >= 0.6 is 11.8 Å². The van der Waals surface area contributed by atoms with Crippen molar-refractivity contribution in [3.05, 3.63) is 84.9 Å². The maximum atomic E-state index is 2.22. The van der Waals surface area contributed by atoms with Crippen LogP contribution in [0.25, 0.3) is 0 Å². The fourth-order valence-electron chi connectivity index (χ4n) is 2.13. The number of benzene rings is 3. The predicted octanol–water partition coefficient (Wildman–Crippen LogP) is 3.23.